The second-order valence-corrected chi connectivity index (χ2v) is 6.32. The fraction of sp³-hybridized carbons (Fsp3) is 0.353. The van der Waals surface area contributed by atoms with Crippen molar-refractivity contribution in [2.45, 2.75) is 12.8 Å². The number of benzene rings is 1. The number of nitrogens with zero attached hydrogens (tertiary/aromatic N) is 2. The molecule has 1 heterocycles. The highest BCUT2D eigenvalue weighted by Crippen LogP contribution is 2.49. The van der Waals surface area contributed by atoms with Crippen LogP contribution in [0.2, 0.25) is 0 Å². The third kappa shape index (κ3) is 2.05. The SMILES string of the molecule is O=C1[C@@H]2[C@@H](C(=O)N1/N=C/c1ccc(O)cc1O)[C@H]1C=C[C@H]2CC1. The van der Waals surface area contributed by atoms with E-state index in [-0.39, 0.29) is 47.0 Å². The van der Waals surface area contributed by atoms with Crippen molar-refractivity contribution >= 4 is 18.0 Å². The van der Waals surface area contributed by atoms with Gasteiger partial charge in [-0.2, -0.15) is 10.1 Å². The van der Waals surface area contributed by atoms with Crippen LogP contribution in [0.5, 0.6) is 11.5 Å². The Hall–Kier alpha value is -2.63. The normalized spacial score (nSPS) is 32.1. The molecule has 2 N–H and O–H groups in total. The summed E-state index contributed by atoms with van der Waals surface area (Å²) in [4.78, 5) is 25.1. The van der Waals surface area contributed by atoms with Crippen LogP contribution in [0.15, 0.2) is 35.5 Å². The average molecular weight is 312 g/mol. The third-order valence-corrected chi connectivity index (χ3v) is 5.06. The molecule has 1 saturated heterocycles. The zero-order valence-electron chi connectivity index (χ0n) is 12.3. The monoisotopic (exact) mass is 312 g/mol. The van der Waals surface area contributed by atoms with Crippen LogP contribution in [0.25, 0.3) is 0 Å². The van der Waals surface area contributed by atoms with E-state index in [1.165, 1.54) is 24.4 Å². The van der Waals surface area contributed by atoms with Gasteiger partial charge in [-0.15, -0.1) is 0 Å². The highest BCUT2D eigenvalue weighted by Gasteiger charge is 2.56. The molecule has 0 spiro atoms. The van der Waals surface area contributed by atoms with Gasteiger partial charge in [0.25, 0.3) is 11.8 Å². The zero-order valence-corrected chi connectivity index (χ0v) is 12.3. The highest BCUT2D eigenvalue weighted by atomic mass is 16.3. The number of rotatable bonds is 2. The molecule has 118 valence electrons. The van der Waals surface area contributed by atoms with Gasteiger partial charge < -0.3 is 10.2 Å². The number of phenolic OH excluding ortho intramolecular Hbond substituents is 2. The van der Waals surface area contributed by atoms with Crippen LogP contribution in [0, 0.1) is 23.7 Å². The van der Waals surface area contributed by atoms with E-state index in [0.29, 0.717) is 5.56 Å². The van der Waals surface area contributed by atoms with Crippen LogP contribution >= 0.6 is 0 Å². The lowest BCUT2D eigenvalue weighted by molar-refractivity contribution is -0.140. The maximum atomic E-state index is 12.6. The molecular weight excluding hydrogens is 296 g/mol. The van der Waals surface area contributed by atoms with Crippen molar-refractivity contribution < 1.29 is 19.8 Å². The summed E-state index contributed by atoms with van der Waals surface area (Å²) in [5.41, 5.74) is 0.333. The Bertz CT molecular complexity index is 723. The Morgan fingerprint density at radius 2 is 1.65 bits per heavy atom. The van der Waals surface area contributed by atoms with E-state index >= 15 is 0 Å². The summed E-state index contributed by atoms with van der Waals surface area (Å²) in [6, 6.07) is 4.05. The standard InChI is InChI=1S/C17H16N2O4/c20-12-6-5-11(13(21)7-12)8-18-19-16(22)14-9-1-2-10(4-3-9)15(14)17(19)23/h1-2,5-10,14-15,20-21H,3-4H2/b18-8+/t9-,10-,14-,15-/m0/s1. The summed E-state index contributed by atoms with van der Waals surface area (Å²) < 4.78 is 0. The van der Waals surface area contributed by atoms with Crippen molar-refractivity contribution in [1.29, 1.82) is 0 Å². The van der Waals surface area contributed by atoms with Gasteiger partial charge in [-0.1, -0.05) is 12.2 Å². The van der Waals surface area contributed by atoms with Crippen molar-refractivity contribution in [3.05, 3.63) is 35.9 Å². The topological polar surface area (TPSA) is 90.2 Å². The molecule has 2 fully saturated rings. The number of fused-ring (bicyclic) bond motifs is 1. The van der Waals surface area contributed by atoms with Gasteiger partial charge in [-0.25, -0.2) is 0 Å². The number of hydrazone groups is 1. The van der Waals surface area contributed by atoms with Crippen LogP contribution in [-0.4, -0.2) is 33.3 Å². The van der Waals surface area contributed by atoms with Crippen molar-refractivity contribution in [2.75, 3.05) is 0 Å². The molecule has 1 aromatic rings. The van der Waals surface area contributed by atoms with Gasteiger partial charge in [0.15, 0.2) is 0 Å². The van der Waals surface area contributed by atoms with Crippen LogP contribution in [0.4, 0.5) is 0 Å². The maximum Gasteiger partial charge on any atom is 0.254 e. The molecule has 6 nitrogen and oxygen atoms in total. The average Bonchev–Trinajstić information content (AvgIpc) is 2.82. The first-order valence-electron chi connectivity index (χ1n) is 7.68. The third-order valence-electron chi connectivity index (χ3n) is 5.06. The van der Waals surface area contributed by atoms with E-state index in [1.54, 1.807) is 0 Å². The summed E-state index contributed by atoms with van der Waals surface area (Å²) >= 11 is 0. The number of imide groups is 1. The van der Waals surface area contributed by atoms with Gasteiger partial charge in [0.1, 0.15) is 11.5 Å². The number of carbonyl (C=O) groups is 2. The zero-order chi connectivity index (χ0) is 16.1. The van der Waals surface area contributed by atoms with Crippen LogP contribution in [0.1, 0.15) is 18.4 Å². The van der Waals surface area contributed by atoms with Crippen molar-refractivity contribution in [3.8, 4) is 11.5 Å². The number of allylic oxidation sites excluding steroid dienone is 2. The van der Waals surface area contributed by atoms with Crippen LogP contribution < -0.4 is 0 Å². The highest BCUT2D eigenvalue weighted by molar-refractivity contribution is 6.06. The van der Waals surface area contributed by atoms with E-state index in [9.17, 15) is 19.8 Å². The number of phenols is 2. The molecule has 4 atom stereocenters. The minimum Gasteiger partial charge on any atom is -0.508 e. The first-order valence-corrected chi connectivity index (χ1v) is 7.68. The minimum absolute atomic E-state index is 0.0679. The molecule has 2 amide bonds. The molecular formula is C17H16N2O4. The number of hydrogen-bond donors (Lipinski definition) is 2. The molecule has 4 aliphatic rings. The summed E-state index contributed by atoms with van der Waals surface area (Å²) in [5, 5.41) is 24.0. The van der Waals surface area contributed by atoms with E-state index in [2.05, 4.69) is 17.3 Å². The smallest absolute Gasteiger partial charge is 0.254 e. The first kappa shape index (κ1) is 14.0. The van der Waals surface area contributed by atoms with Crippen molar-refractivity contribution in [2.24, 2.45) is 28.8 Å². The second kappa shape index (κ2) is 4.94. The Labute approximate surface area is 132 Å². The first-order chi connectivity index (χ1) is 11.1. The molecule has 1 aliphatic heterocycles. The molecule has 3 aliphatic carbocycles. The van der Waals surface area contributed by atoms with E-state index in [1.807, 2.05) is 0 Å². The van der Waals surface area contributed by atoms with Gasteiger partial charge in [-0.05, 0) is 36.8 Å². The summed E-state index contributed by atoms with van der Waals surface area (Å²) in [6.07, 6.45) is 7.27. The summed E-state index contributed by atoms with van der Waals surface area (Å²) in [7, 11) is 0. The quantitative estimate of drug-likeness (QED) is 0.493. The maximum absolute atomic E-state index is 12.6. The fourth-order valence-corrected chi connectivity index (χ4v) is 3.93. The number of hydrogen-bond acceptors (Lipinski definition) is 5. The Balaban J connectivity index is 1.62. The Morgan fingerprint density at radius 1 is 1.04 bits per heavy atom. The van der Waals surface area contributed by atoms with Gasteiger partial charge in [0, 0.05) is 11.6 Å². The molecule has 2 bridgehead atoms. The second-order valence-electron chi connectivity index (χ2n) is 6.32. The molecule has 1 aromatic carbocycles. The summed E-state index contributed by atoms with van der Waals surface area (Å²) in [6.45, 7) is 0. The van der Waals surface area contributed by atoms with Gasteiger partial charge in [-0.3, -0.25) is 9.59 Å². The number of aromatic hydroxyl groups is 2. The largest absolute Gasteiger partial charge is 0.508 e. The van der Waals surface area contributed by atoms with Crippen LogP contribution in [-0.2, 0) is 9.59 Å². The molecule has 6 heteroatoms. The van der Waals surface area contributed by atoms with E-state index in [0.717, 1.165) is 17.9 Å². The van der Waals surface area contributed by atoms with Gasteiger partial charge in [0.2, 0.25) is 0 Å². The Morgan fingerprint density at radius 3 is 2.17 bits per heavy atom. The molecule has 0 radical (unpaired) electrons. The lowest BCUT2D eigenvalue weighted by Gasteiger charge is -2.37. The predicted molar refractivity (Wildman–Crippen MR) is 81.6 cm³/mol. The fourth-order valence-electron chi connectivity index (χ4n) is 3.93. The van der Waals surface area contributed by atoms with Crippen LogP contribution in [0.3, 0.4) is 0 Å². The molecule has 0 unspecified atom stereocenters. The predicted octanol–water partition coefficient (Wildman–Crippen LogP) is 1.63. The number of carbonyl (C=O) groups excluding carboxylic acids is 2. The van der Waals surface area contributed by atoms with E-state index in [4.69, 9.17) is 0 Å². The minimum atomic E-state index is -0.295. The lowest BCUT2D eigenvalue weighted by Crippen LogP contribution is -2.38. The Kier molecular flexibility index (Phi) is 3.01. The van der Waals surface area contributed by atoms with Crippen molar-refractivity contribution in [3.63, 3.8) is 0 Å². The molecule has 5 rings (SSSR count). The van der Waals surface area contributed by atoms with Crippen molar-refractivity contribution in [1.82, 2.24) is 5.01 Å². The van der Waals surface area contributed by atoms with Gasteiger partial charge >= 0.3 is 0 Å². The molecule has 1 saturated carbocycles. The molecule has 23 heavy (non-hydrogen) atoms. The van der Waals surface area contributed by atoms with Gasteiger partial charge in [0.05, 0.1) is 18.1 Å². The number of amides is 2. The summed E-state index contributed by atoms with van der Waals surface area (Å²) in [5.74, 6) is -1.07. The molecule has 0 aromatic heterocycles. The lowest BCUT2D eigenvalue weighted by atomic mass is 9.63. The van der Waals surface area contributed by atoms with E-state index < -0.39 is 0 Å².